The van der Waals surface area contributed by atoms with Crippen molar-refractivity contribution in [3.8, 4) is 0 Å². The lowest BCUT2D eigenvalue weighted by molar-refractivity contribution is 0.0252. The maximum Gasteiger partial charge on any atom is 0.339 e. The summed E-state index contributed by atoms with van der Waals surface area (Å²) < 4.78 is 10.3. The Morgan fingerprint density at radius 1 is 1.00 bits per heavy atom. The molecule has 1 aliphatic heterocycles. The van der Waals surface area contributed by atoms with Crippen molar-refractivity contribution in [3.05, 3.63) is 98.5 Å². The summed E-state index contributed by atoms with van der Waals surface area (Å²) in [6.07, 6.45) is -0.0709. The number of rotatable bonds is 4. The van der Waals surface area contributed by atoms with E-state index in [1.54, 1.807) is 36.4 Å². The van der Waals surface area contributed by atoms with Crippen molar-refractivity contribution >= 4 is 46.7 Å². The van der Waals surface area contributed by atoms with Gasteiger partial charge in [-0.1, -0.05) is 35.3 Å². The van der Waals surface area contributed by atoms with E-state index in [9.17, 15) is 14.4 Å². The van der Waals surface area contributed by atoms with E-state index in [-0.39, 0.29) is 11.3 Å². The summed E-state index contributed by atoms with van der Waals surface area (Å²) >= 11 is 12.0. The molecule has 0 spiro atoms. The minimum atomic E-state index is -0.601. The molecule has 0 unspecified atom stereocenters. The van der Waals surface area contributed by atoms with Gasteiger partial charge in [0.25, 0.3) is 5.91 Å². The average Bonchev–Trinajstić information content (AvgIpc) is 2.78. The van der Waals surface area contributed by atoms with Crippen LogP contribution in [0.3, 0.4) is 0 Å². The van der Waals surface area contributed by atoms with Gasteiger partial charge in [0.05, 0.1) is 23.9 Å². The summed E-state index contributed by atoms with van der Waals surface area (Å²) in [6.45, 7) is 0. The number of hydrogen-bond donors (Lipinski definition) is 1. The molecule has 0 aliphatic carbocycles. The maximum absolute atomic E-state index is 12.9. The van der Waals surface area contributed by atoms with Crippen molar-refractivity contribution in [2.45, 2.75) is 12.5 Å². The fraction of sp³-hybridized carbons (Fsp3) is 0.125. The van der Waals surface area contributed by atoms with E-state index in [4.69, 9.17) is 32.7 Å². The van der Waals surface area contributed by atoms with Crippen LogP contribution in [-0.2, 0) is 15.9 Å². The molecule has 0 aromatic heterocycles. The third-order valence-corrected chi connectivity index (χ3v) is 5.61. The molecule has 4 rings (SSSR count). The molecule has 1 aliphatic rings. The third-order valence-electron chi connectivity index (χ3n) is 5.12. The lowest BCUT2D eigenvalue weighted by Gasteiger charge is -2.25. The highest BCUT2D eigenvalue weighted by molar-refractivity contribution is 6.31. The minimum absolute atomic E-state index is 0.176. The van der Waals surface area contributed by atoms with Gasteiger partial charge < -0.3 is 14.8 Å². The first-order valence-electron chi connectivity index (χ1n) is 9.64. The van der Waals surface area contributed by atoms with Crippen LogP contribution in [-0.4, -0.2) is 25.0 Å². The number of nitrogens with one attached hydrogen (secondary N) is 1. The van der Waals surface area contributed by atoms with Crippen LogP contribution in [0.1, 0.15) is 48.3 Å². The van der Waals surface area contributed by atoms with Gasteiger partial charge in [0, 0.05) is 22.0 Å². The number of halogens is 2. The Balaban J connectivity index is 1.61. The van der Waals surface area contributed by atoms with Gasteiger partial charge in [-0.25, -0.2) is 9.59 Å². The van der Waals surface area contributed by atoms with Gasteiger partial charge in [0.2, 0.25) is 0 Å². The number of carbonyl (C=O) groups is 3. The van der Waals surface area contributed by atoms with Crippen LogP contribution in [0.5, 0.6) is 0 Å². The molecule has 1 N–H and O–H groups in total. The molecular weight excluding hydrogens is 453 g/mol. The molecule has 0 radical (unpaired) electrons. The van der Waals surface area contributed by atoms with Crippen molar-refractivity contribution in [1.29, 1.82) is 0 Å². The Morgan fingerprint density at radius 2 is 1.72 bits per heavy atom. The highest BCUT2D eigenvalue weighted by atomic mass is 35.5. The molecule has 1 amide bonds. The first-order chi connectivity index (χ1) is 15.4. The molecule has 1 heterocycles. The maximum atomic E-state index is 12.9. The van der Waals surface area contributed by atoms with E-state index in [0.29, 0.717) is 33.2 Å². The summed E-state index contributed by atoms with van der Waals surface area (Å²) in [5.74, 6) is -1.51. The van der Waals surface area contributed by atoms with Crippen LogP contribution in [0.4, 0.5) is 5.69 Å². The standard InChI is InChI=1S/C24H17Cl2NO5/c1-31-23(29)19-9-7-17(26)12-20(19)27-22(28)14-4-8-18-15(10-14)11-21(32-24(18)30)13-2-5-16(25)6-3-13/h2-10,12,21H,11H2,1H3,(H,27,28)/t21-/m0/s1. The van der Waals surface area contributed by atoms with Crippen molar-refractivity contribution in [2.75, 3.05) is 12.4 Å². The summed E-state index contributed by atoms with van der Waals surface area (Å²) in [7, 11) is 1.25. The summed E-state index contributed by atoms with van der Waals surface area (Å²) in [5.41, 5.74) is 2.63. The number of carbonyl (C=O) groups excluding carboxylic acids is 3. The predicted molar refractivity (Wildman–Crippen MR) is 120 cm³/mol. The van der Waals surface area contributed by atoms with Crippen molar-refractivity contribution in [1.82, 2.24) is 0 Å². The van der Waals surface area contributed by atoms with Crippen molar-refractivity contribution in [3.63, 3.8) is 0 Å². The lowest BCUT2D eigenvalue weighted by Crippen LogP contribution is -2.23. The molecule has 8 heteroatoms. The largest absolute Gasteiger partial charge is 0.465 e. The Bertz CT molecular complexity index is 1220. The molecule has 6 nitrogen and oxygen atoms in total. The van der Waals surface area contributed by atoms with Gasteiger partial charge >= 0.3 is 11.9 Å². The fourth-order valence-electron chi connectivity index (χ4n) is 3.50. The Hall–Kier alpha value is -3.35. The van der Waals surface area contributed by atoms with E-state index in [1.165, 1.54) is 31.4 Å². The van der Waals surface area contributed by atoms with Crippen LogP contribution >= 0.6 is 23.2 Å². The molecule has 0 saturated carbocycles. The number of amides is 1. The van der Waals surface area contributed by atoms with Crippen LogP contribution in [0.25, 0.3) is 0 Å². The molecule has 0 bridgehead atoms. The number of hydrogen-bond acceptors (Lipinski definition) is 5. The van der Waals surface area contributed by atoms with Crippen molar-refractivity contribution in [2.24, 2.45) is 0 Å². The number of fused-ring (bicyclic) bond motifs is 1. The van der Waals surface area contributed by atoms with Gasteiger partial charge in [-0.3, -0.25) is 4.79 Å². The van der Waals surface area contributed by atoms with Crippen LogP contribution < -0.4 is 5.32 Å². The number of anilines is 1. The monoisotopic (exact) mass is 469 g/mol. The van der Waals surface area contributed by atoms with Gasteiger partial charge in [-0.2, -0.15) is 0 Å². The number of esters is 2. The smallest absolute Gasteiger partial charge is 0.339 e. The van der Waals surface area contributed by atoms with Crippen LogP contribution in [0, 0.1) is 0 Å². The third kappa shape index (κ3) is 4.47. The quantitative estimate of drug-likeness (QED) is 0.511. The Morgan fingerprint density at radius 3 is 2.44 bits per heavy atom. The fourth-order valence-corrected chi connectivity index (χ4v) is 3.80. The molecule has 162 valence electrons. The van der Waals surface area contributed by atoms with Gasteiger partial charge in [0.15, 0.2) is 0 Å². The first-order valence-corrected chi connectivity index (χ1v) is 10.4. The van der Waals surface area contributed by atoms with E-state index in [0.717, 1.165) is 5.56 Å². The topological polar surface area (TPSA) is 81.7 Å². The Kier molecular flexibility index (Phi) is 6.17. The van der Waals surface area contributed by atoms with Crippen LogP contribution in [0.2, 0.25) is 10.0 Å². The summed E-state index contributed by atoms with van der Waals surface area (Å²) in [4.78, 5) is 37.4. The normalized spacial score (nSPS) is 14.8. The zero-order chi connectivity index (χ0) is 22.8. The zero-order valence-electron chi connectivity index (χ0n) is 16.9. The van der Waals surface area contributed by atoms with E-state index >= 15 is 0 Å². The van der Waals surface area contributed by atoms with E-state index in [2.05, 4.69) is 5.32 Å². The van der Waals surface area contributed by atoms with Gasteiger partial charge in [-0.05, 0) is 59.7 Å². The minimum Gasteiger partial charge on any atom is -0.465 e. The zero-order valence-corrected chi connectivity index (χ0v) is 18.4. The Labute approximate surface area is 194 Å². The molecular formula is C24H17Cl2NO5. The molecule has 3 aromatic rings. The highest BCUT2D eigenvalue weighted by Crippen LogP contribution is 2.32. The summed E-state index contributed by atoms with van der Waals surface area (Å²) in [5, 5.41) is 3.63. The number of benzene rings is 3. The second kappa shape index (κ2) is 9.02. The molecule has 32 heavy (non-hydrogen) atoms. The second-order valence-corrected chi connectivity index (χ2v) is 8.03. The molecule has 0 fully saturated rings. The predicted octanol–water partition coefficient (Wildman–Crippen LogP) is 5.49. The number of methoxy groups -OCH3 is 1. The summed E-state index contributed by atoms with van der Waals surface area (Å²) in [6, 6.07) is 16.3. The van der Waals surface area contributed by atoms with E-state index < -0.39 is 23.9 Å². The molecule has 0 saturated heterocycles. The second-order valence-electron chi connectivity index (χ2n) is 7.16. The highest BCUT2D eigenvalue weighted by Gasteiger charge is 2.28. The first kappa shape index (κ1) is 21.9. The van der Waals surface area contributed by atoms with Gasteiger partial charge in [0.1, 0.15) is 6.10 Å². The van der Waals surface area contributed by atoms with E-state index in [1.807, 2.05) is 0 Å². The van der Waals surface area contributed by atoms with Crippen LogP contribution in [0.15, 0.2) is 60.7 Å². The van der Waals surface area contributed by atoms with Gasteiger partial charge in [-0.15, -0.1) is 0 Å². The SMILES string of the molecule is COC(=O)c1ccc(Cl)cc1NC(=O)c1ccc2c(c1)C[C@@H](c1ccc(Cl)cc1)OC2=O. The molecule has 1 atom stereocenters. The number of cyclic esters (lactones) is 1. The molecule has 3 aromatic carbocycles. The van der Waals surface area contributed by atoms with Crippen molar-refractivity contribution < 1.29 is 23.9 Å². The average molecular weight is 470 g/mol. The number of ether oxygens (including phenoxy) is 2. The lowest BCUT2D eigenvalue weighted by atomic mass is 9.93.